The van der Waals surface area contributed by atoms with Gasteiger partial charge in [-0.25, -0.2) is 4.57 Å². The smallest absolute Gasteiger partial charge is 0.462 e. The van der Waals surface area contributed by atoms with E-state index in [1.807, 2.05) is 0 Å². The second-order valence-corrected chi connectivity index (χ2v) is 15.4. The van der Waals surface area contributed by atoms with E-state index in [0.29, 0.717) is 19.4 Å². The van der Waals surface area contributed by atoms with Crippen LogP contribution in [-0.4, -0.2) is 49.3 Å². The van der Waals surface area contributed by atoms with Crippen molar-refractivity contribution in [3.63, 3.8) is 0 Å². The first kappa shape index (κ1) is 48.0. The molecule has 1 unspecified atom stereocenters. The highest BCUT2D eigenvalue weighted by Crippen LogP contribution is 2.43. The van der Waals surface area contributed by atoms with E-state index in [-0.39, 0.29) is 25.6 Å². The van der Waals surface area contributed by atoms with Gasteiger partial charge in [0.05, 0.1) is 13.2 Å². The lowest BCUT2D eigenvalue weighted by atomic mass is 10.0. The fourth-order valence-corrected chi connectivity index (χ4v) is 6.73. The Morgan fingerprint density at radius 1 is 0.531 bits per heavy atom. The Balaban J connectivity index is 4.14. The summed E-state index contributed by atoms with van der Waals surface area (Å²) in [4.78, 5) is 34.8. The maximum atomic E-state index is 12.5. The van der Waals surface area contributed by atoms with Gasteiger partial charge in [0, 0.05) is 12.8 Å². The zero-order valence-electron chi connectivity index (χ0n) is 32.1. The number of unbranched alkanes of at least 4 members (excludes halogenated alkanes) is 26. The molecule has 2 atom stereocenters. The highest BCUT2D eigenvalue weighted by Gasteiger charge is 2.26. The fourth-order valence-electron chi connectivity index (χ4n) is 5.94. The predicted molar refractivity (Wildman–Crippen MR) is 200 cm³/mol. The third-order valence-corrected chi connectivity index (χ3v) is 10.0. The monoisotopic (exact) mass is 721 g/mol. The van der Waals surface area contributed by atoms with Gasteiger partial charge < -0.3 is 20.1 Å². The Labute approximate surface area is 301 Å². The lowest BCUT2D eigenvalue weighted by molar-refractivity contribution is -0.371. The van der Waals surface area contributed by atoms with Crippen LogP contribution >= 0.6 is 7.82 Å². The normalized spacial score (nSPS) is 13.3. The van der Waals surface area contributed by atoms with Crippen molar-refractivity contribution in [3.8, 4) is 0 Å². The zero-order chi connectivity index (χ0) is 36.1. The first-order valence-electron chi connectivity index (χ1n) is 20.6. The Bertz CT molecular complexity index is 784. The summed E-state index contributed by atoms with van der Waals surface area (Å²) in [6.45, 7) is 4.15. The maximum Gasteiger partial charge on any atom is 0.472 e. The fraction of sp³-hybridized carbons (Fsp3) is 0.949. The maximum absolute atomic E-state index is 12.5. The van der Waals surface area contributed by atoms with Crippen molar-refractivity contribution in [1.82, 2.24) is 0 Å². The molecule has 0 aliphatic heterocycles. The number of hydrogen-bond donors (Lipinski definition) is 2. The van der Waals surface area contributed by atoms with Crippen molar-refractivity contribution in [2.45, 2.75) is 213 Å². The molecular formula is C39H79NO8P+. The third kappa shape index (κ3) is 36.6. The Morgan fingerprint density at radius 3 is 1.24 bits per heavy atom. The first-order valence-corrected chi connectivity index (χ1v) is 22.1. The Kier molecular flexibility index (Phi) is 36.0. The van der Waals surface area contributed by atoms with Gasteiger partial charge in [-0.15, -0.1) is 0 Å². The molecule has 9 nitrogen and oxygen atoms in total. The van der Waals surface area contributed by atoms with E-state index in [4.69, 9.17) is 18.5 Å². The van der Waals surface area contributed by atoms with E-state index in [1.54, 1.807) is 0 Å². The molecule has 0 aromatic rings. The lowest BCUT2D eigenvalue weighted by Gasteiger charge is -2.19. The summed E-state index contributed by atoms with van der Waals surface area (Å²) in [7, 11) is -4.32. The van der Waals surface area contributed by atoms with Gasteiger partial charge in [0.1, 0.15) is 13.2 Å². The van der Waals surface area contributed by atoms with Gasteiger partial charge >= 0.3 is 19.8 Å². The van der Waals surface area contributed by atoms with Crippen molar-refractivity contribution >= 4 is 19.8 Å². The molecule has 292 valence electrons. The molecule has 0 aliphatic carbocycles. The van der Waals surface area contributed by atoms with Gasteiger partial charge in [-0.2, -0.15) is 0 Å². The number of esters is 2. The first-order chi connectivity index (χ1) is 23.8. The van der Waals surface area contributed by atoms with Gasteiger partial charge in [0.25, 0.3) is 0 Å². The van der Waals surface area contributed by atoms with E-state index in [9.17, 15) is 19.0 Å². The molecule has 0 saturated heterocycles. The summed E-state index contributed by atoms with van der Waals surface area (Å²) in [5.41, 5.74) is 3.58. The molecule has 0 bridgehead atoms. The number of quaternary nitrogens is 1. The van der Waals surface area contributed by atoms with Crippen molar-refractivity contribution in [1.29, 1.82) is 0 Å². The molecule has 0 amide bonds. The molecule has 4 N–H and O–H groups in total. The molecule has 0 heterocycles. The molecule has 0 aromatic carbocycles. The minimum atomic E-state index is -4.32. The van der Waals surface area contributed by atoms with Crippen LogP contribution in [0.5, 0.6) is 0 Å². The van der Waals surface area contributed by atoms with Crippen LogP contribution in [0.1, 0.15) is 206 Å². The summed E-state index contributed by atoms with van der Waals surface area (Å²) >= 11 is 0. The van der Waals surface area contributed by atoms with Crippen molar-refractivity contribution < 1.29 is 43.3 Å². The van der Waals surface area contributed by atoms with Gasteiger partial charge in [0.15, 0.2) is 6.10 Å². The Hall–Kier alpha value is -0.990. The van der Waals surface area contributed by atoms with Crippen LogP contribution in [-0.2, 0) is 32.7 Å². The standard InChI is InChI=1S/C39H78NO8P/c1-3-5-7-9-11-13-15-17-18-20-22-24-26-28-30-32-39(42)48-37(36-47-49(43,44)46-34-33-40)35-45-38(41)31-29-27-25-23-21-19-16-14-12-10-8-6-4-2/h37H,3-36,40H2,1-2H3,(H,43,44)/p+1/t37-/m1/s1. The number of phosphoric acid groups is 1. The summed E-state index contributed by atoms with van der Waals surface area (Å²) in [5.74, 6) is -0.797. The third-order valence-electron chi connectivity index (χ3n) is 9.02. The highest BCUT2D eigenvalue weighted by molar-refractivity contribution is 7.47. The second kappa shape index (κ2) is 36.8. The number of rotatable bonds is 39. The van der Waals surface area contributed by atoms with Crippen LogP contribution in [0.15, 0.2) is 0 Å². The van der Waals surface area contributed by atoms with Crippen LogP contribution in [0.4, 0.5) is 0 Å². The minimum absolute atomic E-state index is 0.0362. The average molecular weight is 721 g/mol. The number of ether oxygens (including phenoxy) is 2. The van der Waals surface area contributed by atoms with Crippen molar-refractivity contribution in [2.75, 3.05) is 26.4 Å². The number of carbonyl (C=O) groups excluding carboxylic acids is 2. The largest absolute Gasteiger partial charge is 0.472 e. The summed E-state index contributed by atoms with van der Waals surface area (Å²) in [6.07, 6.45) is 34.2. The molecule has 0 fully saturated rings. The van der Waals surface area contributed by atoms with Crippen molar-refractivity contribution in [2.24, 2.45) is 0 Å². The molecule has 49 heavy (non-hydrogen) atoms. The van der Waals surface area contributed by atoms with Crippen molar-refractivity contribution in [3.05, 3.63) is 0 Å². The number of hydrogen-bond acceptors (Lipinski definition) is 7. The summed E-state index contributed by atoms with van der Waals surface area (Å²) < 4.78 is 32.8. The molecule has 10 heteroatoms. The lowest BCUT2D eigenvalue weighted by Crippen LogP contribution is -2.52. The van der Waals surface area contributed by atoms with E-state index in [1.165, 1.54) is 141 Å². The van der Waals surface area contributed by atoms with Crippen LogP contribution in [0.2, 0.25) is 0 Å². The predicted octanol–water partition coefficient (Wildman–Crippen LogP) is 10.6. The topological polar surface area (TPSA) is 136 Å². The van der Waals surface area contributed by atoms with E-state index in [0.717, 1.165) is 32.1 Å². The zero-order valence-corrected chi connectivity index (χ0v) is 33.0. The van der Waals surface area contributed by atoms with Crippen LogP contribution in [0.3, 0.4) is 0 Å². The van der Waals surface area contributed by atoms with Crippen LogP contribution in [0.25, 0.3) is 0 Å². The summed E-state index contributed by atoms with van der Waals surface area (Å²) in [6, 6.07) is 0. The van der Waals surface area contributed by atoms with Gasteiger partial charge in [-0.05, 0) is 12.8 Å². The van der Waals surface area contributed by atoms with Crippen LogP contribution < -0.4 is 5.73 Å². The molecular weight excluding hydrogens is 641 g/mol. The highest BCUT2D eigenvalue weighted by atomic mass is 31.2. The SMILES string of the molecule is CCCCCCCCCCCCCCCCCC(=O)O[C@H](COC(=O)CCCCCCCCCCCCCCC)COP(=O)(O)OCC[NH3+]. The van der Waals surface area contributed by atoms with Crippen LogP contribution in [0, 0.1) is 0 Å². The van der Waals surface area contributed by atoms with Gasteiger partial charge in [-0.3, -0.25) is 18.6 Å². The van der Waals surface area contributed by atoms with Gasteiger partial charge in [-0.1, -0.05) is 181 Å². The molecule has 0 saturated carbocycles. The van der Waals surface area contributed by atoms with Gasteiger partial charge in [0.2, 0.25) is 0 Å². The molecule has 0 radical (unpaired) electrons. The molecule has 0 aromatic heterocycles. The van der Waals surface area contributed by atoms with E-state index < -0.39 is 26.5 Å². The average Bonchev–Trinajstić information content (AvgIpc) is 3.08. The Morgan fingerprint density at radius 2 is 0.878 bits per heavy atom. The summed E-state index contributed by atoms with van der Waals surface area (Å²) in [5, 5.41) is 0. The quantitative estimate of drug-likeness (QED) is 0.0364. The second-order valence-electron chi connectivity index (χ2n) is 13.9. The number of carbonyl (C=O) groups is 2. The molecule has 0 aliphatic rings. The minimum Gasteiger partial charge on any atom is -0.462 e. The number of phosphoric ester groups is 1. The molecule has 0 rings (SSSR count). The molecule has 0 spiro atoms. The van der Waals surface area contributed by atoms with E-state index in [2.05, 4.69) is 19.6 Å². The van der Waals surface area contributed by atoms with E-state index >= 15 is 0 Å².